The molecule has 33 heavy (non-hydrogen) atoms. The molecule has 10 nitrogen and oxygen atoms in total. The summed E-state index contributed by atoms with van der Waals surface area (Å²) < 4.78 is 10.9. The Balaban J connectivity index is 1.65. The number of amides is 2. The molecule has 170 valence electrons. The summed E-state index contributed by atoms with van der Waals surface area (Å²) in [5.41, 5.74) is 0.725. The average molecular weight is 450 g/mol. The molecular weight excluding hydrogens is 428 g/mol. The standard InChI is InChI=1S/C23H22N4O6/c1-3-33-23(31)15-4-6-16(7-5-15)24-20(28)14-27-21(29)13-12-19(26-27)22(30)25-17-8-10-18(32-2)11-9-17/h4-13H,3,14H2,1-2H3,(H,24,28)(H,25,30). The van der Waals surface area contributed by atoms with Crippen LogP contribution in [0.5, 0.6) is 5.75 Å². The van der Waals surface area contributed by atoms with Crippen molar-refractivity contribution in [2.75, 3.05) is 24.4 Å². The Morgan fingerprint density at radius 3 is 2.18 bits per heavy atom. The first-order valence-electron chi connectivity index (χ1n) is 10.00. The van der Waals surface area contributed by atoms with E-state index in [1.165, 1.54) is 25.3 Å². The molecule has 0 radical (unpaired) electrons. The number of benzene rings is 2. The molecule has 0 unspecified atom stereocenters. The van der Waals surface area contributed by atoms with Crippen molar-refractivity contribution in [3.63, 3.8) is 0 Å². The minimum absolute atomic E-state index is 0.0305. The number of rotatable bonds is 8. The molecule has 0 bridgehead atoms. The zero-order valence-corrected chi connectivity index (χ0v) is 18.0. The van der Waals surface area contributed by atoms with Crippen molar-refractivity contribution in [2.24, 2.45) is 0 Å². The quantitative estimate of drug-likeness (QED) is 0.504. The van der Waals surface area contributed by atoms with E-state index in [2.05, 4.69) is 15.7 Å². The van der Waals surface area contributed by atoms with Crippen LogP contribution in [-0.2, 0) is 16.1 Å². The number of carbonyl (C=O) groups excluding carboxylic acids is 3. The number of anilines is 2. The van der Waals surface area contributed by atoms with Gasteiger partial charge in [0.2, 0.25) is 5.91 Å². The second kappa shape index (κ2) is 10.7. The molecule has 2 aromatic carbocycles. The van der Waals surface area contributed by atoms with Crippen LogP contribution in [0.3, 0.4) is 0 Å². The Morgan fingerprint density at radius 1 is 0.909 bits per heavy atom. The number of nitrogens with one attached hydrogen (secondary N) is 2. The van der Waals surface area contributed by atoms with E-state index in [9.17, 15) is 19.2 Å². The lowest BCUT2D eigenvalue weighted by molar-refractivity contribution is -0.117. The Hall–Kier alpha value is -4.47. The van der Waals surface area contributed by atoms with Crippen molar-refractivity contribution in [2.45, 2.75) is 13.5 Å². The van der Waals surface area contributed by atoms with Gasteiger partial charge >= 0.3 is 5.97 Å². The van der Waals surface area contributed by atoms with Gasteiger partial charge in [-0.3, -0.25) is 14.4 Å². The first kappa shape index (κ1) is 23.2. The summed E-state index contributed by atoms with van der Waals surface area (Å²) in [7, 11) is 1.54. The molecule has 3 aromatic rings. The van der Waals surface area contributed by atoms with Gasteiger partial charge in [0.1, 0.15) is 18.0 Å². The molecule has 0 aliphatic carbocycles. The second-order valence-corrected chi connectivity index (χ2v) is 6.74. The topological polar surface area (TPSA) is 129 Å². The van der Waals surface area contributed by atoms with Gasteiger partial charge in [0.25, 0.3) is 11.5 Å². The van der Waals surface area contributed by atoms with Gasteiger partial charge in [-0.1, -0.05) is 0 Å². The van der Waals surface area contributed by atoms with Gasteiger partial charge in [0, 0.05) is 17.4 Å². The predicted molar refractivity (Wildman–Crippen MR) is 120 cm³/mol. The molecule has 0 saturated heterocycles. The minimum atomic E-state index is -0.538. The number of nitrogens with zero attached hydrogens (tertiary/aromatic N) is 2. The van der Waals surface area contributed by atoms with Crippen LogP contribution in [0.25, 0.3) is 0 Å². The molecule has 0 atom stereocenters. The van der Waals surface area contributed by atoms with Crippen LogP contribution in [0.4, 0.5) is 11.4 Å². The van der Waals surface area contributed by atoms with Crippen molar-refractivity contribution in [1.82, 2.24) is 9.78 Å². The summed E-state index contributed by atoms with van der Waals surface area (Å²) >= 11 is 0. The van der Waals surface area contributed by atoms with Crippen molar-refractivity contribution in [3.8, 4) is 5.75 Å². The first-order valence-corrected chi connectivity index (χ1v) is 10.00. The summed E-state index contributed by atoms with van der Waals surface area (Å²) in [4.78, 5) is 48.7. The smallest absolute Gasteiger partial charge is 0.338 e. The van der Waals surface area contributed by atoms with Crippen molar-refractivity contribution in [3.05, 3.63) is 82.3 Å². The molecule has 3 rings (SSSR count). The molecule has 10 heteroatoms. The SMILES string of the molecule is CCOC(=O)c1ccc(NC(=O)Cn2nc(C(=O)Nc3ccc(OC)cc3)ccc2=O)cc1. The van der Waals surface area contributed by atoms with Crippen molar-refractivity contribution in [1.29, 1.82) is 0 Å². The van der Waals surface area contributed by atoms with Gasteiger partial charge in [-0.05, 0) is 61.5 Å². The molecule has 0 aliphatic rings. The third-order valence-electron chi connectivity index (χ3n) is 4.42. The fourth-order valence-electron chi connectivity index (χ4n) is 2.79. The molecule has 0 fully saturated rings. The number of hydrogen-bond donors (Lipinski definition) is 2. The minimum Gasteiger partial charge on any atom is -0.497 e. The Labute approximate surface area is 189 Å². The van der Waals surface area contributed by atoms with Gasteiger partial charge in [-0.15, -0.1) is 0 Å². The van der Waals surface area contributed by atoms with Gasteiger partial charge < -0.3 is 20.1 Å². The third-order valence-corrected chi connectivity index (χ3v) is 4.42. The van der Waals surface area contributed by atoms with Crippen LogP contribution in [0.1, 0.15) is 27.8 Å². The molecule has 0 aliphatic heterocycles. The second-order valence-electron chi connectivity index (χ2n) is 6.74. The van der Waals surface area contributed by atoms with Gasteiger partial charge in [0.05, 0.1) is 19.3 Å². The molecule has 1 heterocycles. The number of aromatic nitrogens is 2. The van der Waals surface area contributed by atoms with Gasteiger partial charge in [-0.25, -0.2) is 9.48 Å². The third kappa shape index (κ3) is 6.26. The van der Waals surface area contributed by atoms with Gasteiger partial charge in [0.15, 0.2) is 0 Å². The van der Waals surface area contributed by atoms with Crippen LogP contribution in [0.2, 0.25) is 0 Å². The summed E-state index contributed by atoms with van der Waals surface area (Å²) in [6.07, 6.45) is 0. The zero-order chi connectivity index (χ0) is 23.8. The van der Waals surface area contributed by atoms with E-state index in [4.69, 9.17) is 9.47 Å². The van der Waals surface area contributed by atoms with E-state index in [0.29, 0.717) is 22.7 Å². The fraction of sp³-hybridized carbons (Fsp3) is 0.174. The number of hydrogen-bond acceptors (Lipinski definition) is 7. The number of esters is 1. The van der Waals surface area contributed by atoms with E-state index in [-0.39, 0.29) is 12.3 Å². The highest BCUT2D eigenvalue weighted by Crippen LogP contribution is 2.15. The number of ether oxygens (including phenoxy) is 2. The maximum atomic E-state index is 12.5. The largest absolute Gasteiger partial charge is 0.497 e. The van der Waals surface area contributed by atoms with Gasteiger partial charge in [-0.2, -0.15) is 5.10 Å². The van der Waals surface area contributed by atoms with Crippen LogP contribution in [0.15, 0.2) is 65.5 Å². The lowest BCUT2D eigenvalue weighted by Gasteiger charge is -2.09. The molecular formula is C23H22N4O6. The van der Waals surface area contributed by atoms with Crippen LogP contribution in [-0.4, -0.2) is 41.3 Å². The molecule has 2 N–H and O–H groups in total. The van der Waals surface area contributed by atoms with E-state index in [1.54, 1.807) is 43.3 Å². The van der Waals surface area contributed by atoms with Crippen LogP contribution < -0.4 is 20.9 Å². The average Bonchev–Trinajstić information content (AvgIpc) is 2.81. The lowest BCUT2D eigenvalue weighted by Crippen LogP contribution is -2.31. The Bertz CT molecular complexity index is 1200. The maximum absolute atomic E-state index is 12.5. The summed E-state index contributed by atoms with van der Waals surface area (Å²) in [6.45, 7) is 1.57. The number of carbonyl (C=O) groups is 3. The summed E-state index contributed by atoms with van der Waals surface area (Å²) in [6, 6.07) is 15.3. The van der Waals surface area contributed by atoms with E-state index < -0.39 is 29.9 Å². The van der Waals surface area contributed by atoms with E-state index in [0.717, 1.165) is 10.7 Å². The zero-order valence-electron chi connectivity index (χ0n) is 18.0. The first-order chi connectivity index (χ1) is 15.9. The highest BCUT2D eigenvalue weighted by atomic mass is 16.5. The van der Waals surface area contributed by atoms with Crippen molar-refractivity contribution < 1.29 is 23.9 Å². The van der Waals surface area contributed by atoms with Crippen LogP contribution >= 0.6 is 0 Å². The Kier molecular flexibility index (Phi) is 7.53. The normalized spacial score (nSPS) is 10.2. The van der Waals surface area contributed by atoms with E-state index >= 15 is 0 Å². The maximum Gasteiger partial charge on any atom is 0.338 e. The Morgan fingerprint density at radius 2 is 1.55 bits per heavy atom. The predicted octanol–water partition coefficient (Wildman–Crippen LogP) is 2.32. The summed E-state index contributed by atoms with van der Waals surface area (Å²) in [5, 5.41) is 9.26. The lowest BCUT2D eigenvalue weighted by atomic mass is 10.2. The highest BCUT2D eigenvalue weighted by Gasteiger charge is 2.13. The van der Waals surface area contributed by atoms with Crippen molar-refractivity contribution >= 4 is 29.2 Å². The molecule has 0 spiro atoms. The number of methoxy groups -OCH3 is 1. The summed E-state index contributed by atoms with van der Waals surface area (Å²) in [5.74, 6) is -0.887. The highest BCUT2D eigenvalue weighted by molar-refractivity contribution is 6.02. The monoisotopic (exact) mass is 450 g/mol. The molecule has 0 saturated carbocycles. The van der Waals surface area contributed by atoms with E-state index in [1.807, 2.05) is 0 Å². The fourth-order valence-corrected chi connectivity index (χ4v) is 2.79. The molecule has 2 amide bonds. The van der Waals surface area contributed by atoms with Crippen LogP contribution in [0, 0.1) is 0 Å². The molecule has 1 aromatic heterocycles.